The molecule has 0 aliphatic heterocycles. The van der Waals surface area contributed by atoms with Crippen LogP contribution >= 0.6 is 23.2 Å². The van der Waals surface area contributed by atoms with Gasteiger partial charge in [0.15, 0.2) is 0 Å². The van der Waals surface area contributed by atoms with Crippen molar-refractivity contribution in [3.63, 3.8) is 0 Å². The Morgan fingerprint density at radius 3 is 2.67 bits per heavy atom. The largest absolute Gasteiger partial charge is 0.357 e. The molecule has 0 saturated carbocycles. The summed E-state index contributed by atoms with van der Waals surface area (Å²) in [6.45, 7) is 0. The second kappa shape index (κ2) is 7.28. The van der Waals surface area contributed by atoms with Gasteiger partial charge in [-0.25, -0.2) is 4.98 Å². The van der Waals surface area contributed by atoms with Gasteiger partial charge >= 0.3 is 0 Å². The van der Waals surface area contributed by atoms with Crippen LogP contribution in [-0.2, 0) is 6.42 Å². The van der Waals surface area contributed by atoms with Crippen molar-refractivity contribution in [2.24, 2.45) is 0 Å². The zero-order valence-corrected chi connectivity index (χ0v) is 12.4. The van der Waals surface area contributed by atoms with Gasteiger partial charge in [-0.15, -0.1) is 5.23 Å². The Hall–Kier alpha value is -1.79. The van der Waals surface area contributed by atoms with Gasteiger partial charge in [-0.3, -0.25) is 10.4 Å². The van der Waals surface area contributed by atoms with Gasteiger partial charge < -0.3 is 5.32 Å². The number of benzene rings is 1. The van der Waals surface area contributed by atoms with Crippen LogP contribution in [0.25, 0.3) is 0 Å². The second-order valence-electron chi connectivity index (χ2n) is 4.28. The van der Waals surface area contributed by atoms with Gasteiger partial charge in [0.2, 0.25) is 0 Å². The molecule has 0 bridgehead atoms. The average Bonchev–Trinajstić information content (AvgIpc) is 2.40. The molecule has 0 atom stereocenters. The summed E-state index contributed by atoms with van der Waals surface area (Å²) in [5.41, 5.74) is 2.14. The molecule has 110 valence electrons. The quantitative estimate of drug-likeness (QED) is 0.573. The number of allylic oxidation sites excluding steroid dienone is 1. The number of halogens is 2. The van der Waals surface area contributed by atoms with Crippen LogP contribution in [0.1, 0.15) is 5.56 Å². The fourth-order valence-electron chi connectivity index (χ4n) is 1.74. The summed E-state index contributed by atoms with van der Waals surface area (Å²) in [5.74, 6) is 0. The van der Waals surface area contributed by atoms with Crippen molar-refractivity contribution in [1.29, 1.82) is 0 Å². The Balaban J connectivity index is 2.17. The number of nitrogens with one attached hydrogen (secondary N) is 1. The van der Waals surface area contributed by atoms with Crippen LogP contribution in [0.4, 0.5) is 5.69 Å². The lowest BCUT2D eigenvalue weighted by Gasteiger charge is -2.13. The summed E-state index contributed by atoms with van der Waals surface area (Å²) >= 11 is 11.7. The minimum atomic E-state index is -0.00374. The monoisotopic (exact) mass is 325 g/mol. The molecule has 0 saturated heterocycles. The lowest BCUT2D eigenvalue weighted by atomic mass is 10.1. The Labute approximate surface area is 132 Å². The fourth-order valence-corrected chi connectivity index (χ4v) is 2.05. The van der Waals surface area contributed by atoms with E-state index in [2.05, 4.69) is 10.3 Å². The Morgan fingerprint density at radius 1 is 1.24 bits per heavy atom. The summed E-state index contributed by atoms with van der Waals surface area (Å²) in [5, 5.41) is 22.0. The predicted molar refractivity (Wildman–Crippen MR) is 81.5 cm³/mol. The first-order valence-electron chi connectivity index (χ1n) is 6.03. The number of anilines is 1. The van der Waals surface area contributed by atoms with Crippen molar-refractivity contribution < 1.29 is 10.4 Å². The highest BCUT2D eigenvalue weighted by Gasteiger charge is 2.04. The Bertz CT molecular complexity index is 630. The molecule has 0 spiro atoms. The molecule has 0 aliphatic carbocycles. The van der Waals surface area contributed by atoms with Crippen LogP contribution in [-0.4, -0.2) is 20.6 Å². The molecule has 0 aliphatic rings. The number of pyridine rings is 1. The van der Waals surface area contributed by atoms with Crippen LogP contribution in [0.3, 0.4) is 0 Å². The molecule has 2 aromatic rings. The number of hydrogen-bond donors (Lipinski definition) is 3. The van der Waals surface area contributed by atoms with E-state index < -0.39 is 0 Å². The van der Waals surface area contributed by atoms with E-state index in [1.165, 1.54) is 0 Å². The zero-order valence-electron chi connectivity index (χ0n) is 10.9. The minimum absolute atomic E-state index is 0.00374. The highest BCUT2D eigenvalue weighted by atomic mass is 35.5. The van der Waals surface area contributed by atoms with Crippen LogP contribution < -0.4 is 5.32 Å². The third-order valence-electron chi connectivity index (χ3n) is 2.58. The molecule has 7 heteroatoms. The normalized spacial score (nSPS) is 11.3. The first kappa shape index (κ1) is 15.6. The molecular weight excluding hydrogens is 313 g/mol. The molecule has 1 aromatic heterocycles. The first-order valence-corrected chi connectivity index (χ1v) is 6.79. The van der Waals surface area contributed by atoms with Crippen molar-refractivity contribution in [3.8, 4) is 0 Å². The van der Waals surface area contributed by atoms with E-state index in [0.29, 0.717) is 22.3 Å². The molecule has 0 amide bonds. The van der Waals surface area contributed by atoms with Crippen molar-refractivity contribution in [3.05, 3.63) is 70.2 Å². The van der Waals surface area contributed by atoms with Gasteiger partial charge in [-0.1, -0.05) is 35.3 Å². The molecular formula is C14H13Cl2N3O2. The van der Waals surface area contributed by atoms with Gasteiger partial charge in [-0.2, -0.15) is 0 Å². The third kappa shape index (κ3) is 5.24. The van der Waals surface area contributed by atoms with Gasteiger partial charge in [0.05, 0.1) is 6.20 Å². The predicted octanol–water partition coefficient (Wildman–Crippen LogP) is 3.96. The maximum atomic E-state index is 8.99. The topological polar surface area (TPSA) is 68.6 Å². The summed E-state index contributed by atoms with van der Waals surface area (Å²) in [6.07, 6.45) is 3.18. The number of hydrogen-bond acceptors (Lipinski definition) is 5. The Morgan fingerprint density at radius 2 is 2.05 bits per heavy atom. The van der Waals surface area contributed by atoms with E-state index in [9.17, 15) is 0 Å². The molecule has 21 heavy (non-hydrogen) atoms. The lowest BCUT2D eigenvalue weighted by molar-refractivity contribution is -0.268. The SMILES string of the molecule is ON(O)/C=C(/Cc1ccc(Cl)nc1)Nc1cccc(Cl)c1. The van der Waals surface area contributed by atoms with E-state index in [1.807, 2.05) is 12.1 Å². The van der Waals surface area contributed by atoms with Crippen molar-refractivity contribution in [2.75, 3.05) is 5.32 Å². The average molecular weight is 326 g/mol. The van der Waals surface area contributed by atoms with Crippen LogP contribution in [0.15, 0.2) is 54.5 Å². The fraction of sp³-hybridized carbons (Fsp3) is 0.0714. The molecule has 1 heterocycles. The maximum absolute atomic E-state index is 8.99. The molecule has 2 rings (SSSR count). The molecule has 3 N–H and O–H groups in total. The van der Waals surface area contributed by atoms with Gasteiger partial charge in [0.1, 0.15) is 5.15 Å². The van der Waals surface area contributed by atoms with E-state index in [0.717, 1.165) is 17.5 Å². The van der Waals surface area contributed by atoms with E-state index in [-0.39, 0.29) is 5.23 Å². The number of hydroxylamine groups is 2. The van der Waals surface area contributed by atoms with Crippen molar-refractivity contribution >= 4 is 28.9 Å². The lowest BCUT2D eigenvalue weighted by Crippen LogP contribution is -2.11. The molecule has 5 nitrogen and oxygen atoms in total. The summed E-state index contributed by atoms with van der Waals surface area (Å²) in [6, 6.07) is 10.6. The molecule has 0 unspecified atom stereocenters. The number of rotatable bonds is 5. The summed E-state index contributed by atoms with van der Waals surface area (Å²) < 4.78 is 0. The van der Waals surface area contributed by atoms with Gasteiger partial charge in [0, 0.05) is 29.0 Å². The number of nitrogens with zero attached hydrogens (tertiary/aromatic N) is 2. The van der Waals surface area contributed by atoms with Crippen molar-refractivity contribution in [2.45, 2.75) is 6.42 Å². The van der Waals surface area contributed by atoms with Gasteiger partial charge in [0.25, 0.3) is 0 Å². The first-order chi connectivity index (χ1) is 10.0. The summed E-state index contributed by atoms with van der Waals surface area (Å²) in [4.78, 5) is 3.98. The van der Waals surface area contributed by atoms with Gasteiger partial charge in [-0.05, 0) is 29.8 Å². The number of aromatic nitrogens is 1. The summed E-state index contributed by atoms with van der Waals surface area (Å²) in [7, 11) is 0. The highest BCUT2D eigenvalue weighted by molar-refractivity contribution is 6.30. The molecule has 0 fully saturated rings. The second-order valence-corrected chi connectivity index (χ2v) is 5.10. The van der Waals surface area contributed by atoms with Crippen LogP contribution in [0, 0.1) is 0 Å². The standard InChI is InChI=1S/C14H13Cl2N3O2/c15-11-2-1-3-12(7-11)18-13(9-19(20)21)6-10-4-5-14(16)17-8-10/h1-5,7-9,18,20-21H,6H2/b13-9-. The van der Waals surface area contributed by atoms with E-state index >= 15 is 0 Å². The van der Waals surface area contributed by atoms with Crippen LogP contribution in [0.5, 0.6) is 0 Å². The zero-order chi connectivity index (χ0) is 15.2. The van der Waals surface area contributed by atoms with E-state index in [4.69, 9.17) is 33.6 Å². The Kier molecular flexibility index (Phi) is 5.41. The smallest absolute Gasteiger partial charge is 0.129 e. The molecule has 0 radical (unpaired) electrons. The molecule has 1 aromatic carbocycles. The highest BCUT2D eigenvalue weighted by Crippen LogP contribution is 2.18. The minimum Gasteiger partial charge on any atom is -0.357 e. The van der Waals surface area contributed by atoms with Crippen LogP contribution in [0.2, 0.25) is 10.2 Å². The van der Waals surface area contributed by atoms with E-state index in [1.54, 1.807) is 30.5 Å². The third-order valence-corrected chi connectivity index (χ3v) is 3.04. The van der Waals surface area contributed by atoms with Crippen molar-refractivity contribution in [1.82, 2.24) is 10.2 Å². The maximum Gasteiger partial charge on any atom is 0.129 e.